The molecule has 3 N–H and O–H groups in total. The number of H-pyrrole nitrogens is 1. The molecule has 3 aromatic rings. The number of anilines is 1. The number of carbonyl (C=O) groups excluding carboxylic acids is 2. The Morgan fingerprint density at radius 2 is 1.92 bits per heavy atom. The molecule has 3 heterocycles. The smallest absolute Gasteiger partial charge is 0.270 e. The summed E-state index contributed by atoms with van der Waals surface area (Å²) in [5, 5.41) is 17.1. The topological polar surface area (TPSA) is 118 Å². The highest BCUT2D eigenvalue weighted by atomic mass is 32.2. The number of aromatic nitrogens is 5. The zero-order chi connectivity index (χ0) is 26.8. The van der Waals surface area contributed by atoms with Crippen molar-refractivity contribution in [3.63, 3.8) is 0 Å². The maximum atomic E-state index is 15.0. The van der Waals surface area contributed by atoms with Gasteiger partial charge in [-0.25, -0.2) is 4.98 Å². The van der Waals surface area contributed by atoms with Crippen LogP contribution < -0.4 is 10.6 Å². The van der Waals surface area contributed by atoms with Gasteiger partial charge in [0.05, 0.1) is 5.69 Å². The van der Waals surface area contributed by atoms with Crippen molar-refractivity contribution < 1.29 is 14.0 Å². The van der Waals surface area contributed by atoms with Crippen LogP contribution in [0, 0.1) is 37.5 Å². The van der Waals surface area contributed by atoms with E-state index in [1.807, 2.05) is 13.2 Å². The number of nitrogens with one attached hydrogen (secondary N) is 3. The van der Waals surface area contributed by atoms with Gasteiger partial charge >= 0.3 is 0 Å². The number of hydrogen-bond acceptors (Lipinski definition) is 6. The number of halogens is 1. The third-order valence-corrected chi connectivity index (χ3v) is 8.15. The lowest BCUT2D eigenvalue weighted by molar-refractivity contribution is -0.119. The second-order valence-electron chi connectivity index (χ2n) is 10.3. The van der Waals surface area contributed by atoms with Crippen molar-refractivity contribution in [2.24, 2.45) is 17.8 Å². The summed E-state index contributed by atoms with van der Waals surface area (Å²) in [4.78, 5) is 31.0. The van der Waals surface area contributed by atoms with Gasteiger partial charge in [0.15, 0.2) is 0 Å². The minimum atomic E-state index is -0.736. The standard InChI is InChI=1S/C27H34FN7O2S/c1-15-22(16(2)34-33-15)19-9-10-21(30-25(19)28)31-27(37)24(23(17-5-6-17)18-7-8-18)32-26(36)20-11-12-29-35(20)13-4-14-38-3/h9-12,17-18,23-24H,4-8,13-14H2,1-3H3,(H,32,36)(H,33,34)(H,30,31,37)/t24-/m1/s1. The number of nitrogens with zero attached hydrogens (tertiary/aromatic N) is 4. The van der Waals surface area contributed by atoms with E-state index in [2.05, 4.69) is 30.9 Å². The number of thioether (sulfide) groups is 1. The van der Waals surface area contributed by atoms with Crippen LogP contribution in [-0.2, 0) is 11.3 Å². The van der Waals surface area contributed by atoms with Gasteiger partial charge in [0, 0.05) is 29.6 Å². The van der Waals surface area contributed by atoms with Crippen LogP contribution in [0.5, 0.6) is 0 Å². The quantitative estimate of drug-likeness (QED) is 0.233. The van der Waals surface area contributed by atoms with E-state index in [1.165, 1.54) is 0 Å². The van der Waals surface area contributed by atoms with Gasteiger partial charge in [0.25, 0.3) is 5.91 Å². The van der Waals surface area contributed by atoms with Crippen LogP contribution in [0.1, 0.15) is 54.0 Å². The summed E-state index contributed by atoms with van der Waals surface area (Å²) >= 11 is 1.75. The number of amides is 2. The highest BCUT2D eigenvalue weighted by Gasteiger charge is 2.48. The van der Waals surface area contributed by atoms with Gasteiger partial charge in [0.2, 0.25) is 11.9 Å². The van der Waals surface area contributed by atoms with Crippen molar-refractivity contribution in [2.45, 2.75) is 58.5 Å². The van der Waals surface area contributed by atoms with Gasteiger partial charge in [-0.15, -0.1) is 0 Å². The molecule has 0 aromatic carbocycles. The van der Waals surface area contributed by atoms with Crippen molar-refractivity contribution in [1.82, 2.24) is 30.3 Å². The van der Waals surface area contributed by atoms with Crippen LogP contribution in [0.15, 0.2) is 24.4 Å². The number of pyridine rings is 1. The van der Waals surface area contributed by atoms with Crippen LogP contribution >= 0.6 is 11.8 Å². The predicted octanol–water partition coefficient (Wildman–Crippen LogP) is 4.35. The molecule has 2 saturated carbocycles. The highest BCUT2D eigenvalue weighted by molar-refractivity contribution is 7.98. The van der Waals surface area contributed by atoms with Crippen LogP contribution in [-0.4, -0.2) is 54.8 Å². The fraction of sp³-hybridized carbons (Fsp3) is 0.519. The number of aromatic amines is 1. The van der Waals surface area contributed by atoms with Crippen LogP contribution in [0.3, 0.4) is 0 Å². The lowest BCUT2D eigenvalue weighted by atomic mass is 9.88. The van der Waals surface area contributed by atoms with Gasteiger partial charge in [-0.1, -0.05) is 0 Å². The molecule has 2 aliphatic carbocycles. The Hall–Kier alpha value is -3.21. The van der Waals surface area contributed by atoms with Gasteiger partial charge in [-0.05, 0) is 93.9 Å². The Balaban J connectivity index is 1.35. The van der Waals surface area contributed by atoms with Gasteiger partial charge in [-0.3, -0.25) is 19.4 Å². The van der Waals surface area contributed by atoms with Crippen LogP contribution in [0.25, 0.3) is 11.1 Å². The molecule has 0 aliphatic heterocycles. The largest absolute Gasteiger partial charge is 0.339 e. The van der Waals surface area contributed by atoms with E-state index in [0.29, 0.717) is 40.9 Å². The van der Waals surface area contributed by atoms with Gasteiger partial charge < -0.3 is 10.6 Å². The van der Waals surface area contributed by atoms with Gasteiger partial charge in [-0.2, -0.15) is 26.3 Å². The number of carbonyl (C=O) groups is 2. The van der Waals surface area contributed by atoms with Crippen LogP contribution in [0.4, 0.5) is 10.2 Å². The Labute approximate surface area is 225 Å². The van der Waals surface area contributed by atoms with E-state index >= 15 is 4.39 Å². The number of hydrogen-bond donors (Lipinski definition) is 3. The van der Waals surface area contributed by atoms with Crippen molar-refractivity contribution in [1.29, 1.82) is 0 Å². The van der Waals surface area contributed by atoms with E-state index < -0.39 is 12.0 Å². The average Bonchev–Trinajstić information content (AvgIpc) is 3.82. The summed E-state index contributed by atoms with van der Waals surface area (Å²) in [5.74, 6) is 0.567. The number of rotatable bonds is 12. The lowest BCUT2D eigenvalue weighted by Gasteiger charge is -2.27. The normalized spacial score (nSPS) is 16.0. The lowest BCUT2D eigenvalue weighted by Crippen LogP contribution is -2.50. The van der Waals surface area contributed by atoms with Crippen molar-refractivity contribution >= 4 is 29.4 Å². The average molecular weight is 540 g/mol. The highest BCUT2D eigenvalue weighted by Crippen LogP contribution is 2.51. The second-order valence-corrected chi connectivity index (χ2v) is 11.3. The van der Waals surface area contributed by atoms with Crippen LogP contribution in [0.2, 0.25) is 0 Å². The monoisotopic (exact) mass is 539 g/mol. The van der Waals surface area contributed by atoms with E-state index in [9.17, 15) is 9.59 Å². The molecular weight excluding hydrogens is 505 g/mol. The Kier molecular flexibility index (Phi) is 7.83. The minimum Gasteiger partial charge on any atom is -0.339 e. The molecule has 3 aromatic heterocycles. The fourth-order valence-corrected chi connectivity index (χ4v) is 5.77. The molecule has 0 radical (unpaired) electrons. The molecular formula is C27H34FN7O2S. The van der Waals surface area contributed by atoms with E-state index in [-0.39, 0.29) is 23.6 Å². The molecule has 5 rings (SSSR count). The molecule has 0 spiro atoms. The van der Waals surface area contributed by atoms with Crippen molar-refractivity contribution in [2.75, 3.05) is 17.3 Å². The molecule has 2 aliphatic rings. The molecule has 1 atom stereocenters. The summed E-state index contributed by atoms with van der Waals surface area (Å²) in [7, 11) is 0. The maximum absolute atomic E-state index is 15.0. The van der Waals surface area contributed by atoms with E-state index in [1.54, 1.807) is 47.8 Å². The summed E-state index contributed by atoms with van der Waals surface area (Å²) in [6, 6.07) is 4.13. The first-order chi connectivity index (χ1) is 18.4. The third kappa shape index (κ3) is 5.77. The first kappa shape index (κ1) is 26.4. The summed E-state index contributed by atoms with van der Waals surface area (Å²) in [5.41, 5.74) is 2.84. The Morgan fingerprint density at radius 3 is 2.53 bits per heavy atom. The van der Waals surface area contributed by atoms with Crippen molar-refractivity contribution in [3.05, 3.63) is 47.4 Å². The minimum absolute atomic E-state index is 0.0483. The Morgan fingerprint density at radius 1 is 1.18 bits per heavy atom. The van der Waals surface area contributed by atoms with E-state index in [0.717, 1.165) is 43.6 Å². The molecule has 0 unspecified atom stereocenters. The molecule has 11 heteroatoms. The second kappa shape index (κ2) is 11.3. The Bertz CT molecular complexity index is 1280. The summed E-state index contributed by atoms with van der Waals surface area (Å²) in [6.45, 7) is 4.25. The molecule has 2 fully saturated rings. The SMILES string of the molecule is CSCCCn1nccc1C(=O)N[C@@H](C(=O)Nc1ccc(-c2c(C)n[nH]c2C)c(F)n1)C(C1CC1)C1CC1. The molecule has 2 amide bonds. The van der Waals surface area contributed by atoms with E-state index in [4.69, 9.17) is 0 Å². The molecule has 0 saturated heterocycles. The molecule has 202 valence electrons. The predicted molar refractivity (Wildman–Crippen MR) is 145 cm³/mol. The summed E-state index contributed by atoms with van der Waals surface area (Å²) in [6.07, 6.45) is 8.77. The van der Waals surface area contributed by atoms with Gasteiger partial charge in [0.1, 0.15) is 17.6 Å². The molecule has 38 heavy (non-hydrogen) atoms. The summed E-state index contributed by atoms with van der Waals surface area (Å²) < 4.78 is 16.7. The zero-order valence-electron chi connectivity index (χ0n) is 22.0. The third-order valence-electron chi connectivity index (χ3n) is 7.45. The number of aryl methyl sites for hydroxylation is 3. The van der Waals surface area contributed by atoms with Crippen molar-refractivity contribution in [3.8, 4) is 11.1 Å². The fourth-order valence-electron chi connectivity index (χ4n) is 5.35. The molecule has 0 bridgehead atoms. The molecule has 9 nitrogen and oxygen atoms in total. The zero-order valence-corrected chi connectivity index (χ0v) is 22.8. The maximum Gasteiger partial charge on any atom is 0.270 e. The first-order valence-electron chi connectivity index (χ1n) is 13.2. The first-order valence-corrected chi connectivity index (χ1v) is 14.6.